The van der Waals surface area contributed by atoms with Gasteiger partial charge in [-0.2, -0.15) is 5.26 Å². The van der Waals surface area contributed by atoms with Gasteiger partial charge in [-0.05, 0) is 44.9 Å². The molecule has 1 aromatic rings. The average Bonchev–Trinajstić information content (AvgIpc) is 2.55. The third-order valence-electron chi connectivity index (χ3n) is 3.90. The second-order valence-corrected chi connectivity index (χ2v) is 6.08. The molecule has 122 valence electrons. The van der Waals surface area contributed by atoms with Gasteiger partial charge in [0.15, 0.2) is 0 Å². The number of methoxy groups -OCH3 is 1. The summed E-state index contributed by atoms with van der Waals surface area (Å²) in [6.07, 6.45) is 2.35. The van der Waals surface area contributed by atoms with Crippen LogP contribution in [0.15, 0.2) is 18.2 Å². The Kier molecular flexibility index (Phi) is 4.89. The summed E-state index contributed by atoms with van der Waals surface area (Å²) in [5.74, 6) is 0.245. The summed E-state index contributed by atoms with van der Waals surface area (Å²) in [5, 5.41) is 11.8. The van der Waals surface area contributed by atoms with E-state index < -0.39 is 5.41 Å². The largest absolute Gasteiger partial charge is 0.495 e. The highest BCUT2D eigenvalue weighted by Gasteiger charge is 2.28. The lowest BCUT2D eigenvalue weighted by molar-refractivity contribution is -0.121. The van der Waals surface area contributed by atoms with Crippen molar-refractivity contribution in [1.82, 2.24) is 0 Å². The molecule has 2 rings (SSSR count). The number of nitrogens with zero attached hydrogens (tertiary/aromatic N) is 2. The molecule has 1 fully saturated rings. The maximum Gasteiger partial charge on any atom is 0.244 e. The number of carbonyl (C=O) groups excluding carboxylic acids is 2. The Balaban J connectivity index is 2.30. The minimum Gasteiger partial charge on any atom is -0.495 e. The van der Waals surface area contributed by atoms with Crippen molar-refractivity contribution in [2.75, 3.05) is 23.9 Å². The molecular formula is C17H21N3O3. The number of hydrogen-bond acceptors (Lipinski definition) is 4. The number of piperidine rings is 1. The van der Waals surface area contributed by atoms with Crippen LogP contribution in [0.3, 0.4) is 0 Å². The first kappa shape index (κ1) is 16.8. The second kappa shape index (κ2) is 6.69. The zero-order valence-corrected chi connectivity index (χ0v) is 13.7. The molecule has 1 aromatic carbocycles. The van der Waals surface area contributed by atoms with Gasteiger partial charge in [-0.1, -0.05) is 0 Å². The topological polar surface area (TPSA) is 82.4 Å². The molecule has 0 unspecified atom stereocenters. The fourth-order valence-electron chi connectivity index (χ4n) is 2.38. The molecule has 6 heteroatoms. The number of ether oxygens (including phenoxy) is 1. The van der Waals surface area contributed by atoms with Gasteiger partial charge >= 0.3 is 0 Å². The second-order valence-electron chi connectivity index (χ2n) is 6.08. The smallest absolute Gasteiger partial charge is 0.244 e. The fourth-order valence-corrected chi connectivity index (χ4v) is 2.38. The molecule has 1 saturated heterocycles. The number of nitriles is 1. The fraction of sp³-hybridized carbons (Fsp3) is 0.471. The Labute approximate surface area is 136 Å². The van der Waals surface area contributed by atoms with Crippen LogP contribution in [-0.4, -0.2) is 25.5 Å². The van der Waals surface area contributed by atoms with Gasteiger partial charge in [0.1, 0.15) is 11.2 Å². The van der Waals surface area contributed by atoms with Crippen molar-refractivity contribution in [3.63, 3.8) is 0 Å². The predicted molar refractivity (Wildman–Crippen MR) is 87.2 cm³/mol. The summed E-state index contributed by atoms with van der Waals surface area (Å²) in [6, 6.07) is 7.09. The molecule has 0 atom stereocenters. The summed E-state index contributed by atoms with van der Waals surface area (Å²) in [4.78, 5) is 26.0. The van der Waals surface area contributed by atoms with Gasteiger partial charge in [0, 0.05) is 18.7 Å². The van der Waals surface area contributed by atoms with Crippen LogP contribution in [0.4, 0.5) is 11.4 Å². The molecule has 6 nitrogen and oxygen atoms in total. The van der Waals surface area contributed by atoms with Gasteiger partial charge in [-0.3, -0.25) is 9.59 Å². The summed E-state index contributed by atoms with van der Waals surface area (Å²) in [6.45, 7) is 3.75. The Morgan fingerprint density at radius 1 is 1.39 bits per heavy atom. The monoisotopic (exact) mass is 315 g/mol. The number of benzene rings is 1. The molecule has 1 heterocycles. The van der Waals surface area contributed by atoms with E-state index in [4.69, 9.17) is 10.00 Å². The predicted octanol–water partition coefficient (Wildman–Crippen LogP) is 2.70. The lowest BCUT2D eigenvalue weighted by atomic mass is 9.94. The van der Waals surface area contributed by atoms with E-state index in [2.05, 4.69) is 5.32 Å². The zero-order chi connectivity index (χ0) is 17.0. The molecule has 0 radical (unpaired) electrons. The van der Waals surface area contributed by atoms with Gasteiger partial charge in [0.2, 0.25) is 11.8 Å². The number of rotatable bonds is 4. The Hall–Kier alpha value is -2.55. The first-order valence-corrected chi connectivity index (χ1v) is 7.60. The summed E-state index contributed by atoms with van der Waals surface area (Å²) in [5.41, 5.74) is 0.0540. The number of hydrogen-bond donors (Lipinski definition) is 1. The molecule has 1 aliphatic heterocycles. The van der Waals surface area contributed by atoms with E-state index in [-0.39, 0.29) is 11.8 Å². The van der Waals surface area contributed by atoms with Crippen molar-refractivity contribution < 1.29 is 14.3 Å². The van der Waals surface area contributed by atoms with Crippen molar-refractivity contribution in [2.24, 2.45) is 5.41 Å². The SMILES string of the molecule is COc1ccc(NC(=O)C(C)(C)C#N)cc1N1CCCCC1=O. The third-order valence-corrected chi connectivity index (χ3v) is 3.90. The first-order valence-electron chi connectivity index (χ1n) is 7.60. The number of nitrogens with one attached hydrogen (secondary N) is 1. The standard InChI is InChI=1S/C17H21N3O3/c1-17(2,11-18)16(22)19-12-7-8-14(23-3)13(10-12)20-9-5-4-6-15(20)21/h7-8,10H,4-6,9H2,1-3H3,(H,19,22). The molecule has 1 N–H and O–H groups in total. The Morgan fingerprint density at radius 3 is 2.74 bits per heavy atom. The van der Waals surface area contributed by atoms with Crippen LogP contribution >= 0.6 is 0 Å². The number of amides is 2. The Morgan fingerprint density at radius 2 is 2.13 bits per heavy atom. The van der Waals surface area contributed by atoms with Crippen LogP contribution in [0.25, 0.3) is 0 Å². The van der Waals surface area contributed by atoms with E-state index in [1.807, 2.05) is 6.07 Å². The molecule has 0 bridgehead atoms. The summed E-state index contributed by atoms with van der Waals surface area (Å²) >= 11 is 0. The highest BCUT2D eigenvalue weighted by molar-refractivity contribution is 5.99. The zero-order valence-electron chi connectivity index (χ0n) is 13.7. The Bertz CT molecular complexity index is 662. The summed E-state index contributed by atoms with van der Waals surface area (Å²) in [7, 11) is 1.55. The molecule has 0 aromatic heterocycles. The molecule has 2 amide bonds. The van der Waals surface area contributed by atoms with Gasteiger partial charge < -0.3 is 15.0 Å². The van der Waals surface area contributed by atoms with E-state index in [1.54, 1.807) is 44.1 Å². The first-order chi connectivity index (χ1) is 10.9. The highest BCUT2D eigenvalue weighted by atomic mass is 16.5. The average molecular weight is 315 g/mol. The van der Waals surface area contributed by atoms with Gasteiger partial charge in [0.25, 0.3) is 0 Å². The maximum absolute atomic E-state index is 12.1. The van der Waals surface area contributed by atoms with E-state index in [0.29, 0.717) is 30.1 Å². The van der Waals surface area contributed by atoms with Crippen LogP contribution < -0.4 is 15.0 Å². The maximum atomic E-state index is 12.1. The number of carbonyl (C=O) groups is 2. The van der Waals surface area contributed by atoms with E-state index in [1.165, 1.54) is 0 Å². The summed E-state index contributed by atoms with van der Waals surface area (Å²) < 4.78 is 5.34. The minimum absolute atomic E-state index is 0.0513. The normalized spacial score (nSPS) is 15.0. The van der Waals surface area contributed by atoms with E-state index >= 15 is 0 Å². The molecule has 0 saturated carbocycles. The minimum atomic E-state index is -1.12. The van der Waals surface area contributed by atoms with Gasteiger partial charge in [0.05, 0.1) is 18.9 Å². The van der Waals surface area contributed by atoms with Crippen LogP contribution in [0.1, 0.15) is 33.1 Å². The van der Waals surface area contributed by atoms with E-state index in [0.717, 1.165) is 12.8 Å². The molecule has 23 heavy (non-hydrogen) atoms. The lowest BCUT2D eigenvalue weighted by Gasteiger charge is -2.28. The van der Waals surface area contributed by atoms with Crippen LogP contribution in [0, 0.1) is 16.7 Å². The quantitative estimate of drug-likeness (QED) is 0.926. The van der Waals surface area contributed by atoms with Crippen molar-refractivity contribution >= 4 is 23.2 Å². The van der Waals surface area contributed by atoms with E-state index in [9.17, 15) is 9.59 Å². The van der Waals surface area contributed by atoms with Crippen LogP contribution in [0.5, 0.6) is 5.75 Å². The third kappa shape index (κ3) is 3.62. The highest BCUT2D eigenvalue weighted by Crippen LogP contribution is 2.34. The van der Waals surface area contributed by atoms with Crippen LogP contribution in [-0.2, 0) is 9.59 Å². The molecular weight excluding hydrogens is 294 g/mol. The van der Waals surface area contributed by atoms with Crippen LogP contribution in [0.2, 0.25) is 0 Å². The van der Waals surface area contributed by atoms with Crippen molar-refractivity contribution in [2.45, 2.75) is 33.1 Å². The van der Waals surface area contributed by atoms with Crippen molar-refractivity contribution in [3.05, 3.63) is 18.2 Å². The van der Waals surface area contributed by atoms with Crippen molar-refractivity contribution in [1.29, 1.82) is 5.26 Å². The molecule has 0 aliphatic carbocycles. The lowest BCUT2D eigenvalue weighted by Crippen LogP contribution is -2.35. The number of anilines is 2. The molecule has 0 spiro atoms. The molecule has 1 aliphatic rings. The van der Waals surface area contributed by atoms with Crippen molar-refractivity contribution in [3.8, 4) is 11.8 Å². The van der Waals surface area contributed by atoms with Gasteiger partial charge in [-0.15, -0.1) is 0 Å². The van der Waals surface area contributed by atoms with Gasteiger partial charge in [-0.25, -0.2) is 0 Å².